The highest BCUT2D eigenvalue weighted by Crippen LogP contribution is 2.16. The van der Waals surface area contributed by atoms with E-state index in [2.05, 4.69) is 5.32 Å². The fourth-order valence-electron chi connectivity index (χ4n) is 1.89. The van der Waals surface area contributed by atoms with Crippen LogP contribution in [-0.4, -0.2) is 29.9 Å². The van der Waals surface area contributed by atoms with Crippen LogP contribution < -0.4 is 5.32 Å². The fourth-order valence-corrected chi connectivity index (χ4v) is 1.89. The van der Waals surface area contributed by atoms with Gasteiger partial charge in [0, 0.05) is 13.2 Å². The van der Waals surface area contributed by atoms with Crippen LogP contribution in [0.15, 0.2) is 18.2 Å². The number of aliphatic hydroxyl groups is 2. The van der Waals surface area contributed by atoms with Crippen LogP contribution in [0.5, 0.6) is 0 Å². The molecule has 0 aliphatic heterocycles. The second-order valence-electron chi connectivity index (χ2n) is 4.63. The van der Waals surface area contributed by atoms with Gasteiger partial charge in [0.05, 0.1) is 6.10 Å². The van der Waals surface area contributed by atoms with Gasteiger partial charge in [-0.15, -0.1) is 0 Å². The number of halogens is 2. The van der Waals surface area contributed by atoms with Crippen LogP contribution in [0, 0.1) is 17.6 Å². The first-order valence-electron chi connectivity index (χ1n) is 6.53. The molecule has 0 spiro atoms. The van der Waals surface area contributed by atoms with Crippen LogP contribution in [0.3, 0.4) is 0 Å². The molecule has 19 heavy (non-hydrogen) atoms. The van der Waals surface area contributed by atoms with Crippen molar-refractivity contribution < 1.29 is 19.0 Å². The van der Waals surface area contributed by atoms with Gasteiger partial charge in [0.2, 0.25) is 0 Å². The molecule has 0 saturated heterocycles. The van der Waals surface area contributed by atoms with E-state index in [-0.39, 0.29) is 13.2 Å². The molecule has 0 aliphatic rings. The lowest BCUT2D eigenvalue weighted by Crippen LogP contribution is -2.27. The zero-order valence-corrected chi connectivity index (χ0v) is 11.1. The first kappa shape index (κ1) is 16.0. The Kier molecular flexibility index (Phi) is 6.91. The molecule has 0 aliphatic carbocycles. The molecule has 0 saturated carbocycles. The highest BCUT2D eigenvalue weighted by atomic mass is 19.2. The largest absolute Gasteiger partial charge is 0.396 e. The molecule has 0 heterocycles. The molecule has 3 N–H and O–H groups in total. The molecule has 2 atom stereocenters. The number of nitrogens with one attached hydrogen (secondary N) is 1. The lowest BCUT2D eigenvalue weighted by atomic mass is 10.0. The van der Waals surface area contributed by atoms with E-state index in [4.69, 9.17) is 5.11 Å². The highest BCUT2D eigenvalue weighted by molar-refractivity contribution is 5.20. The molecule has 0 fully saturated rings. The summed E-state index contributed by atoms with van der Waals surface area (Å²) in [7, 11) is 0. The van der Waals surface area contributed by atoms with Crippen LogP contribution in [-0.2, 0) is 0 Å². The molecule has 0 radical (unpaired) electrons. The minimum absolute atomic E-state index is 0.145. The van der Waals surface area contributed by atoms with Crippen molar-refractivity contribution in [3.63, 3.8) is 0 Å². The van der Waals surface area contributed by atoms with Gasteiger partial charge in [-0.1, -0.05) is 19.4 Å². The lowest BCUT2D eigenvalue weighted by Gasteiger charge is -2.17. The van der Waals surface area contributed by atoms with Crippen molar-refractivity contribution in [3.05, 3.63) is 35.4 Å². The molecule has 2 unspecified atom stereocenters. The van der Waals surface area contributed by atoms with E-state index < -0.39 is 17.7 Å². The van der Waals surface area contributed by atoms with Crippen molar-refractivity contribution >= 4 is 0 Å². The maximum absolute atomic E-state index is 13.0. The topological polar surface area (TPSA) is 52.5 Å². The highest BCUT2D eigenvalue weighted by Gasteiger charge is 2.12. The van der Waals surface area contributed by atoms with Crippen molar-refractivity contribution in [2.45, 2.75) is 25.9 Å². The number of aliphatic hydroxyl groups excluding tert-OH is 2. The van der Waals surface area contributed by atoms with Gasteiger partial charge in [-0.05, 0) is 36.6 Å². The van der Waals surface area contributed by atoms with Crippen molar-refractivity contribution in [1.29, 1.82) is 0 Å². The number of benzene rings is 1. The molecule has 3 nitrogen and oxygen atoms in total. The third-order valence-electron chi connectivity index (χ3n) is 3.21. The summed E-state index contributed by atoms with van der Waals surface area (Å²) in [5.74, 6) is -1.52. The molecular formula is C14H21F2NO2. The van der Waals surface area contributed by atoms with Crippen molar-refractivity contribution in [1.82, 2.24) is 5.32 Å². The Morgan fingerprint density at radius 1 is 1.21 bits per heavy atom. The second kappa shape index (κ2) is 8.19. The first-order chi connectivity index (χ1) is 9.08. The average Bonchev–Trinajstić information content (AvgIpc) is 2.40. The van der Waals surface area contributed by atoms with Gasteiger partial charge in [0.15, 0.2) is 11.6 Å². The van der Waals surface area contributed by atoms with Crippen LogP contribution in [0.25, 0.3) is 0 Å². The van der Waals surface area contributed by atoms with Crippen molar-refractivity contribution in [2.75, 3.05) is 19.7 Å². The Bertz CT molecular complexity index is 388. The van der Waals surface area contributed by atoms with Crippen LogP contribution >= 0.6 is 0 Å². The van der Waals surface area contributed by atoms with Crippen molar-refractivity contribution in [2.24, 2.45) is 5.92 Å². The Morgan fingerprint density at radius 3 is 2.53 bits per heavy atom. The number of hydrogen-bond acceptors (Lipinski definition) is 3. The fraction of sp³-hybridized carbons (Fsp3) is 0.571. The zero-order chi connectivity index (χ0) is 14.3. The molecule has 1 aromatic carbocycles. The minimum atomic E-state index is -0.955. The summed E-state index contributed by atoms with van der Waals surface area (Å²) in [6, 6.07) is 3.39. The summed E-state index contributed by atoms with van der Waals surface area (Å²) in [6.45, 7) is 3.13. The third-order valence-corrected chi connectivity index (χ3v) is 3.21. The summed E-state index contributed by atoms with van der Waals surface area (Å²) in [5.41, 5.74) is 0.349. The Morgan fingerprint density at radius 2 is 1.95 bits per heavy atom. The van der Waals surface area contributed by atoms with E-state index in [0.29, 0.717) is 24.4 Å². The van der Waals surface area contributed by atoms with Crippen molar-refractivity contribution in [3.8, 4) is 0 Å². The first-order valence-corrected chi connectivity index (χ1v) is 6.53. The molecule has 1 rings (SSSR count). The molecule has 0 aromatic heterocycles. The van der Waals surface area contributed by atoms with E-state index >= 15 is 0 Å². The average molecular weight is 273 g/mol. The van der Waals surface area contributed by atoms with E-state index in [0.717, 1.165) is 18.6 Å². The van der Waals surface area contributed by atoms with E-state index in [1.807, 2.05) is 6.92 Å². The smallest absolute Gasteiger partial charge is 0.159 e. The zero-order valence-electron chi connectivity index (χ0n) is 11.1. The molecule has 1 aromatic rings. The van der Waals surface area contributed by atoms with Gasteiger partial charge in [-0.3, -0.25) is 0 Å². The van der Waals surface area contributed by atoms with Gasteiger partial charge in [0.1, 0.15) is 0 Å². The summed E-state index contributed by atoms with van der Waals surface area (Å²) >= 11 is 0. The molecular weight excluding hydrogens is 252 g/mol. The molecule has 0 bridgehead atoms. The van der Waals surface area contributed by atoms with Crippen LogP contribution in [0.4, 0.5) is 8.78 Å². The summed E-state index contributed by atoms with van der Waals surface area (Å²) in [6.07, 6.45) is 0.779. The predicted molar refractivity (Wildman–Crippen MR) is 69.7 cm³/mol. The standard InChI is InChI=1S/C14H21F2NO2/c1-2-10(5-6-18)8-17-9-14(19)11-3-4-12(15)13(16)7-11/h3-4,7,10,14,17-19H,2,5-6,8-9H2,1H3. The monoisotopic (exact) mass is 273 g/mol. The summed E-state index contributed by atoms with van der Waals surface area (Å²) in [4.78, 5) is 0. The Balaban J connectivity index is 2.42. The SMILES string of the molecule is CCC(CCO)CNCC(O)c1ccc(F)c(F)c1. The number of hydrogen-bond donors (Lipinski definition) is 3. The molecule has 5 heteroatoms. The Labute approximate surface area is 112 Å². The maximum atomic E-state index is 13.0. The van der Waals surface area contributed by atoms with Gasteiger partial charge in [0.25, 0.3) is 0 Å². The lowest BCUT2D eigenvalue weighted by molar-refractivity contribution is 0.170. The minimum Gasteiger partial charge on any atom is -0.396 e. The second-order valence-corrected chi connectivity index (χ2v) is 4.63. The quantitative estimate of drug-likeness (QED) is 0.679. The molecule has 108 valence electrons. The van der Waals surface area contributed by atoms with Crippen LogP contribution in [0.1, 0.15) is 31.4 Å². The van der Waals surface area contributed by atoms with E-state index in [1.54, 1.807) is 0 Å². The van der Waals surface area contributed by atoms with Gasteiger partial charge in [-0.25, -0.2) is 8.78 Å². The van der Waals surface area contributed by atoms with Gasteiger partial charge in [-0.2, -0.15) is 0 Å². The Hall–Kier alpha value is -1.04. The van der Waals surface area contributed by atoms with E-state index in [1.165, 1.54) is 6.07 Å². The van der Waals surface area contributed by atoms with E-state index in [9.17, 15) is 13.9 Å². The number of rotatable bonds is 8. The van der Waals surface area contributed by atoms with Gasteiger partial charge >= 0.3 is 0 Å². The van der Waals surface area contributed by atoms with Crippen LogP contribution in [0.2, 0.25) is 0 Å². The van der Waals surface area contributed by atoms with Gasteiger partial charge < -0.3 is 15.5 Å². The maximum Gasteiger partial charge on any atom is 0.159 e. The molecule has 0 amide bonds. The predicted octanol–water partition coefficient (Wildman–Crippen LogP) is 2.00. The third kappa shape index (κ3) is 5.22. The summed E-state index contributed by atoms with van der Waals surface area (Å²) < 4.78 is 25.8. The normalized spacial score (nSPS) is 14.4. The summed E-state index contributed by atoms with van der Waals surface area (Å²) in [5, 5.41) is 21.8.